The third kappa shape index (κ3) is 4.73. The van der Waals surface area contributed by atoms with Crippen LogP contribution in [0.1, 0.15) is 10.4 Å². The van der Waals surface area contributed by atoms with Gasteiger partial charge in [0.25, 0.3) is 5.91 Å². The first-order valence-corrected chi connectivity index (χ1v) is 6.91. The lowest BCUT2D eigenvalue weighted by Crippen LogP contribution is -2.18. The number of halogens is 1. The summed E-state index contributed by atoms with van der Waals surface area (Å²) >= 11 is 10.5. The Morgan fingerprint density at radius 2 is 1.95 bits per heavy atom. The summed E-state index contributed by atoms with van der Waals surface area (Å²) in [6, 6.07) is 13.6. The number of benzene rings is 2. The molecule has 6 heteroatoms. The van der Waals surface area contributed by atoms with Crippen LogP contribution < -0.4 is 15.8 Å². The Hall–Kier alpha value is -2.11. The van der Waals surface area contributed by atoms with Crippen molar-refractivity contribution < 1.29 is 9.53 Å². The Kier molecular flexibility index (Phi) is 5.14. The maximum atomic E-state index is 12.1. The highest BCUT2D eigenvalue weighted by atomic mass is 35.5. The van der Waals surface area contributed by atoms with Crippen molar-refractivity contribution in [1.82, 2.24) is 0 Å². The largest absolute Gasteiger partial charge is 0.486 e. The third-order valence-electron chi connectivity index (χ3n) is 2.58. The molecule has 2 aromatic rings. The van der Waals surface area contributed by atoms with Crippen LogP contribution in [0.3, 0.4) is 0 Å². The quantitative estimate of drug-likeness (QED) is 0.830. The highest BCUT2D eigenvalue weighted by Crippen LogP contribution is 2.18. The number of hydrogen-bond donors (Lipinski definition) is 2. The number of nitrogens with two attached hydrogens (primary N) is 1. The van der Waals surface area contributed by atoms with E-state index >= 15 is 0 Å². The molecule has 2 rings (SSSR count). The van der Waals surface area contributed by atoms with Crippen LogP contribution >= 0.6 is 23.8 Å². The fraction of sp³-hybridized carbons (Fsp3) is 0.0667. The zero-order chi connectivity index (χ0) is 15.2. The van der Waals surface area contributed by atoms with Crippen molar-refractivity contribution in [2.24, 2.45) is 5.73 Å². The summed E-state index contributed by atoms with van der Waals surface area (Å²) < 4.78 is 5.38. The lowest BCUT2D eigenvalue weighted by atomic mass is 10.2. The molecule has 0 atom stereocenters. The predicted molar refractivity (Wildman–Crippen MR) is 88.1 cm³/mol. The fourth-order valence-corrected chi connectivity index (χ4v) is 1.81. The van der Waals surface area contributed by atoms with E-state index in [1.807, 2.05) is 0 Å². The van der Waals surface area contributed by atoms with Gasteiger partial charge >= 0.3 is 0 Å². The van der Waals surface area contributed by atoms with Crippen LogP contribution in [0.5, 0.6) is 5.75 Å². The number of anilines is 1. The molecule has 0 aliphatic rings. The molecule has 0 saturated heterocycles. The van der Waals surface area contributed by atoms with Gasteiger partial charge in [-0.25, -0.2) is 0 Å². The van der Waals surface area contributed by atoms with Crippen LogP contribution in [-0.4, -0.2) is 17.5 Å². The van der Waals surface area contributed by atoms with Gasteiger partial charge in [0, 0.05) is 22.3 Å². The van der Waals surface area contributed by atoms with Crippen molar-refractivity contribution in [3.8, 4) is 5.75 Å². The smallest absolute Gasteiger partial charge is 0.255 e. The van der Waals surface area contributed by atoms with E-state index < -0.39 is 0 Å². The molecule has 0 aliphatic heterocycles. The molecule has 0 radical (unpaired) electrons. The molecule has 108 valence electrons. The predicted octanol–water partition coefficient (Wildman–Crippen LogP) is 3.26. The van der Waals surface area contributed by atoms with Crippen LogP contribution in [0.25, 0.3) is 0 Å². The van der Waals surface area contributed by atoms with Crippen LogP contribution in [0.4, 0.5) is 5.69 Å². The highest BCUT2D eigenvalue weighted by Gasteiger charge is 2.06. The molecular formula is C15H13ClN2O2S. The Morgan fingerprint density at radius 3 is 2.62 bits per heavy atom. The first-order chi connectivity index (χ1) is 10.0. The van der Waals surface area contributed by atoms with Gasteiger partial charge in [0.1, 0.15) is 17.3 Å². The second-order valence-electron chi connectivity index (χ2n) is 4.24. The third-order valence-corrected chi connectivity index (χ3v) is 2.95. The minimum atomic E-state index is -0.224. The molecule has 0 aromatic heterocycles. The summed E-state index contributed by atoms with van der Waals surface area (Å²) in [6.07, 6.45) is 0. The van der Waals surface area contributed by atoms with Gasteiger partial charge in [0.05, 0.1) is 0 Å². The summed E-state index contributed by atoms with van der Waals surface area (Å²) in [4.78, 5) is 12.3. The summed E-state index contributed by atoms with van der Waals surface area (Å²) in [5.74, 6) is 0.356. The number of carbonyl (C=O) groups is 1. The van der Waals surface area contributed by atoms with Gasteiger partial charge in [-0.05, 0) is 36.4 Å². The molecule has 0 spiro atoms. The standard InChI is InChI=1S/C15H13ClN2O2S/c16-11-6-4-10(5-7-11)15(19)18-12-2-1-3-13(8-12)20-9-14(17)21/h1-8H,9H2,(H2,17,21)(H,18,19). The van der Waals surface area contributed by atoms with E-state index in [0.717, 1.165) is 0 Å². The summed E-state index contributed by atoms with van der Waals surface area (Å²) in [6.45, 7) is 0.157. The van der Waals surface area contributed by atoms with Crippen LogP contribution in [0.15, 0.2) is 48.5 Å². The lowest BCUT2D eigenvalue weighted by molar-refractivity contribution is 0.102. The molecular weight excluding hydrogens is 308 g/mol. The van der Waals surface area contributed by atoms with E-state index in [4.69, 9.17) is 34.3 Å². The SMILES string of the molecule is NC(=S)COc1cccc(NC(=O)c2ccc(Cl)cc2)c1. The van der Waals surface area contributed by atoms with Crippen molar-refractivity contribution in [3.63, 3.8) is 0 Å². The zero-order valence-corrected chi connectivity index (χ0v) is 12.6. The maximum absolute atomic E-state index is 12.1. The molecule has 4 nitrogen and oxygen atoms in total. The Bertz CT molecular complexity index is 659. The normalized spacial score (nSPS) is 9.95. The second kappa shape index (κ2) is 7.06. The fourth-order valence-electron chi connectivity index (χ4n) is 1.62. The van der Waals surface area contributed by atoms with E-state index in [-0.39, 0.29) is 17.5 Å². The maximum Gasteiger partial charge on any atom is 0.255 e. The van der Waals surface area contributed by atoms with E-state index in [1.165, 1.54) is 0 Å². The first-order valence-electron chi connectivity index (χ1n) is 6.12. The molecule has 3 N–H and O–H groups in total. The minimum Gasteiger partial charge on any atom is -0.486 e. The number of carbonyl (C=O) groups excluding carboxylic acids is 1. The van der Waals surface area contributed by atoms with Gasteiger partial charge in [-0.2, -0.15) is 0 Å². The van der Waals surface area contributed by atoms with Gasteiger partial charge in [-0.1, -0.05) is 29.9 Å². The first kappa shape index (κ1) is 15.3. The van der Waals surface area contributed by atoms with E-state index in [1.54, 1.807) is 48.5 Å². The number of ether oxygens (including phenoxy) is 1. The summed E-state index contributed by atoms with van der Waals surface area (Å²) in [5, 5.41) is 3.36. The monoisotopic (exact) mass is 320 g/mol. The van der Waals surface area contributed by atoms with Gasteiger partial charge in [0.2, 0.25) is 0 Å². The Morgan fingerprint density at radius 1 is 1.24 bits per heavy atom. The van der Waals surface area contributed by atoms with E-state index in [9.17, 15) is 4.79 Å². The molecule has 21 heavy (non-hydrogen) atoms. The van der Waals surface area contributed by atoms with E-state index in [2.05, 4.69) is 5.32 Å². The summed E-state index contributed by atoms with van der Waals surface area (Å²) in [7, 11) is 0. The Labute approximate surface area is 132 Å². The van der Waals surface area contributed by atoms with Gasteiger partial charge in [0.15, 0.2) is 0 Å². The number of thiocarbonyl (C=S) groups is 1. The average molecular weight is 321 g/mol. The topological polar surface area (TPSA) is 64.3 Å². The number of hydrogen-bond acceptors (Lipinski definition) is 3. The number of amides is 1. The number of rotatable bonds is 5. The second-order valence-corrected chi connectivity index (χ2v) is 5.20. The van der Waals surface area contributed by atoms with E-state index in [0.29, 0.717) is 22.0 Å². The van der Waals surface area contributed by atoms with Crippen molar-refractivity contribution in [2.45, 2.75) is 0 Å². The molecule has 0 unspecified atom stereocenters. The molecule has 2 aromatic carbocycles. The zero-order valence-electron chi connectivity index (χ0n) is 11.0. The van der Waals surface area contributed by atoms with Crippen LogP contribution in [-0.2, 0) is 0 Å². The molecule has 0 heterocycles. The van der Waals surface area contributed by atoms with Crippen molar-refractivity contribution >= 4 is 40.4 Å². The molecule has 0 bridgehead atoms. The van der Waals surface area contributed by atoms with Gasteiger partial charge in [-0.15, -0.1) is 0 Å². The van der Waals surface area contributed by atoms with Gasteiger partial charge in [-0.3, -0.25) is 4.79 Å². The van der Waals surface area contributed by atoms with Crippen molar-refractivity contribution in [2.75, 3.05) is 11.9 Å². The minimum absolute atomic E-state index is 0.157. The van der Waals surface area contributed by atoms with Crippen LogP contribution in [0, 0.1) is 0 Å². The Balaban J connectivity index is 2.05. The average Bonchev–Trinajstić information content (AvgIpc) is 2.46. The summed E-state index contributed by atoms with van der Waals surface area (Å²) in [5.41, 5.74) is 6.52. The molecule has 0 aliphatic carbocycles. The molecule has 1 amide bonds. The van der Waals surface area contributed by atoms with Crippen molar-refractivity contribution in [3.05, 3.63) is 59.1 Å². The molecule has 0 fully saturated rings. The lowest BCUT2D eigenvalue weighted by Gasteiger charge is -2.09. The highest BCUT2D eigenvalue weighted by molar-refractivity contribution is 7.80. The van der Waals surface area contributed by atoms with Crippen molar-refractivity contribution in [1.29, 1.82) is 0 Å². The number of nitrogens with one attached hydrogen (secondary N) is 1. The van der Waals surface area contributed by atoms with Gasteiger partial charge < -0.3 is 15.8 Å². The van der Waals surface area contributed by atoms with Crippen LogP contribution in [0.2, 0.25) is 5.02 Å². The molecule has 0 saturated carbocycles.